The SMILES string of the molecule is COC(=O)c1cc(C2CC(c3cc(C(=O)NCc4ccc(F)c(OC)c4)nc(C)n3)=NO2)ccn1. The van der Waals surface area contributed by atoms with Gasteiger partial charge in [0.25, 0.3) is 5.91 Å². The summed E-state index contributed by atoms with van der Waals surface area (Å²) in [5, 5.41) is 6.89. The van der Waals surface area contributed by atoms with Crippen molar-refractivity contribution in [2.75, 3.05) is 14.2 Å². The number of benzene rings is 1. The topological polar surface area (TPSA) is 125 Å². The molecule has 1 aromatic carbocycles. The molecule has 10 nitrogen and oxygen atoms in total. The van der Waals surface area contributed by atoms with Crippen molar-refractivity contribution in [2.24, 2.45) is 5.16 Å². The minimum atomic E-state index is -0.549. The molecule has 1 N–H and O–H groups in total. The molecule has 3 aromatic rings. The summed E-state index contributed by atoms with van der Waals surface area (Å²) in [6.07, 6.45) is 1.42. The first-order valence-corrected chi connectivity index (χ1v) is 10.6. The van der Waals surface area contributed by atoms with Crippen LogP contribution in [0.5, 0.6) is 5.75 Å². The van der Waals surface area contributed by atoms with Gasteiger partial charge in [0.15, 0.2) is 17.7 Å². The molecule has 0 saturated carbocycles. The van der Waals surface area contributed by atoms with E-state index in [4.69, 9.17) is 14.3 Å². The molecule has 11 heteroatoms. The van der Waals surface area contributed by atoms with E-state index in [1.54, 1.807) is 25.1 Å². The normalized spacial score (nSPS) is 14.6. The van der Waals surface area contributed by atoms with Crippen LogP contribution in [0.15, 0.2) is 47.8 Å². The zero-order valence-electron chi connectivity index (χ0n) is 19.2. The molecule has 4 rings (SSSR count). The van der Waals surface area contributed by atoms with Crippen LogP contribution in [-0.4, -0.2) is 46.8 Å². The number of rotatable bonds is 7. The first-order chi connectivity index (χ1) is 16.9. The molecule has 0 spiro atoms. The van der Waals surface area contributed by atoms with E-state index in [0.29, 0.717) is 34.8 Å². The summed E-state index contributed by atoms with van der Waals surface area (Å²) in [4.78, 5) is 42.7. The highest BCUT2D eigenvalue weighted by Gasteiger charge is 2.27. The number of nitrogens with one attached hydrogen (secondary N) is 1. The number of methoxy groups -OCH3 is 2. The zero-order valence-corrected chi connectivity index (χ0v) is 19.2. The third-order valence-electron chi connectivity index (χ3n) is 5.25. The summed E-state index contributed by atoms with van der Waals surface area (Å²) in [6, 6.07) is 9.20. The van der Waals surface area contributed by atoms with E-state index in [0.717, 1.165) is 0 Å². The van der Waals surface area contributed by atoms with Crippen molar-refractivity contribution in [3.05, 3.63) is 82.4 Å². The molecule has 3 heterocycles. The van der Waals surface area contributed by atoms with Crippen LogP contribution in [0.2, 0.25) is 0 Å². The number of aryl methyl sites for hydroxylation is 1. The van der Waals surface area contributed by atoms with Gasteiger partial charge in [-0.1, -0.05) is 11.2 Å². The highest BCUT2D eigenvalue weighted by atomic mass is 19.1. The molecule has 1 atom stereocenters. The van der Waals surface area contributed by atoms with Crippen molar-refractivity contribution in [3.8, 4) is 5.75 Å². The fraction of sp³-hybridized carbons (Fsp3) is 0.250. The van der Waals surface area contributed by atoms with E-state index in [2.05, 4.69) is 25.4 Å². The van der Waals surface area contributed by atoms with Gasteiger partial charge in [0, 0.05) is 19.2 Å². The highest BCUT2D eigenvalue weighted by molar-refractivity contribution is 6.02. The lowest BCUT2D eigenvalue weighted by atomic mass is 10.0. The van der Waals surface area contributed by atoms with E-state index in [1.165, 1.54) is 38.6 Å². The van der Waals surface area contributed by atoms with Gasteiger partial charge in [0.05, 0.1) is 19.9 Å². The Morgan fingerprint density at radius 3 is 2.74 bits per heavy atom. The van der Waals surface area contributed by atoms with Gasteiger partial charge in [-0.25, -0.2) is 24.1 Å². The molecule has 1 aliphatic heterocycles. The van der Waals surface area contributed by atoms with Crippen molar-refractivity contribution >= 4 is 17.6 Å². The number of amides is 1. The third kappa shape index (κ3) is 5.40. The van der Waals surface area contributed by atoms with Crippen LogP contribution in [-0.2, 0) is 16.1 Å². The van der Waals surface area contributed by atoms with Crippen molar-refractivity contribution < 1.29 is 28.3 Å². The number of halogens is 1. The van der Waals surface area contributed by atoms with Crippen LogP contribution >= 0.6 is 0 Å². The molecule has 1 unspecified atom stereocenters. The zero-order chi connectivity index (χ0) is 24.9. The van der Waals surface area contributed by atoms with Crippen LogP contribution in [0.4, 0.5) is 4.39 Å². The molecular formula is C24H22FN5O5. The van der Waals surface area contributed by atoms with Crippen molar-refractivity contribution in [1.82, 2.24) is 20.3 Å². The number of esters is 1. The Morgan fingerprint density at radius 1 is 1.14 bits per heavy atom. The number of aromatic nitrogens is 3. The molecule has 0 saturated heterocycles. The molecule has 0 radical (unpaired) electrons. The summed E-state index contributed by atoms with van der Waals surface area (Å²) in [7, 11) is 2.66. The van der Waals surface area contributed by atoms with E-state index < -0.39 is 23.8 Å². The van der Waals surface area contributed by atoms with Crippen molar-refractivity contribution in [1.29, 1.82) is 0 Å². The van der Waals surface area contributed by atoms with Crippen LogP contribution in [0.25, 0.3) is 0 Å². The number of pyridine rings is 1. The number of hydrogen-bond acceptors (Lipinski definition) is 9. The number of carbonyl (C=O) groups is 2. The van der Waals surface area contributed by atoms with E-state index in [1.807, 2.05) is 0 Å². The molecular weight excluding hydrogens is 457 g/mol. The molecule has 0 aliphatic carbocycles. The minimum Gasteiger partial charge on any atom is -0.494 e. The van der Waals surface area contributed by atoms with Crippen LogP contribution in [0.1, 0.15) is 56.1 Å². The quantitative estimate of drug-likeness (QED) is 0.513. The molecule has 0 bridgehead atoms. The predicted octanol–water partition coefficient (Wildman–Crippen LogP) is 2.91. The third-order valence-corrected chi connectivity index (χ3v) is 5.25. The smallest absolute Gasteiger partial charge is 0.356 e. The summed E-state index contributed by atoms with van der Waals surface area (Å²) < 4.78 is 23.3. The summed E-state index contributed by atoms with van der Waals surface area (Å²) in [5.74, 6) is -0.970. The second-order valence-electron chi connectivity index (χ2n) is 7.64. The summed E-state index contributed by atoms with van der Waals surface area (Å²) >= 11 is 0. The van der Waals surface area contributed by atoms with Crippen LogP contribution < -0.4 is 10.1 Å². The van der Waals surface area contributed by atoms with Gasteiger partial charge < -0.3 is 19.6 Å². The highest BCUT2D eigenvalue weighted by Crippen LogP contribution is 2.29. The molecule has 0 fully saturated rings. The average molecular weight is 479 g/mol. The molecule has 35 heavy (non-hydrogen) atoms. The fourth-order valence-electron chi connectivity index (χ4n) is 3.49. The Labute approximate surface area is 200 Å². The first kappa shape index (κ1) is 23.7. The average Bonchev–Trinajstić information content (AvgIpc) is 3.38. The summed E-state index contributed by atoms with van der Waals surface area (Å²) in [6.45, 7) is 1.83. The largest absolute Gasteiger partial charge is 0.494 e. The minimum absolute atomic E-state index is 0.0959. The Hall–Kier alpha value is -4.41. The molecule has 2 aromatic heterocycles. The number of ether oxygens (including phenoxy) is 2. The number of carbonyl (C=O) groups excluding carboxylic acids is 2. The monoisotopic (exact) mass is 479 g/mol. The van der Waals surface area contributed by atoms with Gasteiger partial charge in [-0.15, -0.1) is 0 Å². The summed E-state index contributed by atoms with van der Waals surface area (Å²) in [5.41, 5.74) is 2.69. The second-order valence-corrected chi connectivity index (χ2v) is 7.64. The first-order valence-electron chi connectivity index (χ1n) is 10.6. The molecule has 1 aliphatic rings. The lowest BCUT2D eigenvalue weighted by Crippen LogP contribution is -2.25. The molecule has 180 valence electrons. The number of hydrogen-bond donors (Lipinski definition) is 1. The van der Waals surface area contributed by atoms with Gasteiger partial charge in [0.2, 0.25) is 0 Å². The maximum absolute atomic E-state index is 13.6. The Balaban J connectivity index is 1.46. The Kier molecular flexibility index (Phi) is 6.95. The van der Waals surface area contributed by atoms with Gasteiger partial charge in [0.1, 0.15) is 22.9 Å². The number of nitrogens with zero attached hydrogens (tertiary/aromatic N) is 4. The maximum Gasteiger partial charge on any atom is 0.356 e. The molecule has 1 amide bonds. The second kappa shape index (κ2) is 10.2. The van der Waals surface area contributed by atoms with Gasteiger partial charge >= 0.3 is 5.97 Å². The van der Waals surface area contributed by atoms with E-state index in [9.17, 15) is 14.0 Å². The van der Waals surface area contributed by atoms with Crippen LogP contribution in [0, 0.1) is 12.7 Å². The maximum atomic E-state index is 13.6. The Morgan fingerprint density at radius 2 is 1.97 bits per heavy atom. The van der Waals surface area contributed by atoms with Crippen LogP contribution in [0.3, 0.4) is 0 Å². The lowest BCUT2D eigenvalue weighted by molar-refractivity contribution is 0.0592. The lowest BCUT2D eigenvalue weighted by Gasteiger charge is -2.10. The predicted molar refractivity (Wildman–Crippen MR) is 121 cm³/mol. The van der Waals surface area contributed by atoms with E-state index >= 15 is 0 Å². The van der Waals surface area contributed by atoms with Gasteiger partial charge in [-0.3, -0.25) is 4.79 Å². The van der Waals surface area contributed by atoms with Gasteiger partial charge in [-0.05, 0) is 48.4 Å². The van der Waals surface area contributed by atoms with E-state index in [-0.39, 0.29) is 23.7 Å². The number of oxime groups is 1. The van der Waals surface area contributed by atoms with Gasteiger partial charge in [-0.2, -0.15) is 0 Å². The fourth-order valence-corrected chi connectivity index (χ4v) is 3.49. The van der Waals surface area contributed by atoms with Crippen molar-refractivity contribution in [2.45, 2.75) is 26.0 Å². The standard InChI is InChI=1S/C24H22FN5O5/c1-13-28-17(18-11-21(35-30-18)15-6-7-26-20(9-15)24(32)34-3)10-19(29-13)23(31)27-12-14-4-5-16(25)22(8-14)33-2/h4-10,21H,11-12H2,1-3H3,(H,27,31). The van der Waals surface area contributed by atoms with Crippen molar-refractivity contribution in [3.63, 3.8) is 0 Å². The Bertz CT molecular complexity index is 1310.